The second-order valence-electron chi connectivity index (χ2n) is 6.20. The molecule has 0 heterocycles. The Morgan fingerprint density at radius 3 is 2.59 bits per heavy atom. The Kier molecular flexibility index (Phi) is 4.40. The second kappa shape index (κ2) is 5.24. The number of hydrogen-bond acceptors (Lipinski definition) is 2. The fourth-order valence-corrected chi connectivity index (χ4v) is 3.46. The smallest absolute Gasteiger partial charge is 0.139 e. The van der Waals surface area contributed by atoms with Crippen LogP contribution < -0.4 is 5.32 Å². The van der Waals surface area contributed by atoms with E-state index in [0.717, 1.165) is 12.8 Å². The lowest BCUT2D eigenvalue weighted by Crippen LogP contribution is -2.31. The SMILES string of the molecule is CN/C(C)=C/CC(C)C1[C@H](C)CC(=O)C1(C)C. The first-order valence-electron chi connectivity index (χ1n) is 6.68. The van der Waals surface area contributed by atoms with Crippen LogP contribution in [-0.2, 0) is 4.79 Å². The zero-order chi connectivity index (χ0) is 13.2. The Bertz CT molecular complexity index is 317. The average Bonchev–Trinajstić information content (AvgIpc) is 2.44. The molecule has 2 nitrogen and oxygen atoms in total. The molecule has 1 rings (SSSR count). The Morgan fingerprint density at radius 2 is 2.18 bits per heavy atom. The van der Waals surface area contributed by atoms with E-state index in [1.54, 1.807) is 0 Å². The van der Waals surface area contributed by atoms with Crippen LogP contribution in [0.5, 0.6) is 0 Å². The van der Waals surface area contributed by atoms with Gasteiger partial charge >= 0.3 is 0 Å². The molecule has 1 saturated carbocycles. The second-order valence-corrected chi connectivity index (χ2v) is 6.20. The number of ketones is 1. The molecule has 0 amide bonds. The van der Waals surface area contributed by atoms with Gasteiger partial charge in [-0.25, -0.2) is 0 Å². The van der Waals surface area contributed by atoms with Crippen molar-refractivity contribution in [2.75, 3.05) is 7.05 Å². The molecule has 0 radical (unpaired) electrons. The van der Waals surface area contributed by atoms with Crippen molar-refractivity contribution in [2.24, 2.45) is 23.2 Å². The summed E-state index contributed by atoms with van der Waals surface area (Å²) in [5.74, 6) is 2.04. The number of hydrogen-bond donors (Lipinski definition) is 1. The van der Waals surface area contributed by atoms with Crippen molar-refractivity contribution in [2.45, 2.75) is 47.5 Å². The summed E-state index contributed by atoms with van der Waals surface area (Å²) >= 11 is 0. The van der Waals surface area contributed by atoms with Crippen molar-refractivity contribution in [3.63, 3.8) is 0 Å². The van der Waals surface area contributed by atoms with Gasteiger partial charge in [0.1, 0.15) is 5.78 Å². The number of rotatable bonds is 4. The third kappa shape index (κ3) is 2.91. The van der Waals surface area contributed by atoms with Crippen LogP contribution in [-0.4, -0.2) is 12.8 Å². The van der Waals surface area contributed by atoms with Gasteiger partial charge in [-0.15, -0.1) is 0 Å². The minimum atomic E-state index is -0.139. The van der Waals surface area contributed by atoms with Gasteiger partial charge in [0.2, 0.25) is 0 Å². The Labute approximate surface area is 106 Å². The fraction of sp³-hybridized carbons (Fsp3) is 0.800. The summed E-state index contributed by atoms with van der Waals surface area (Å²) < 4.78 is 0. The molecule has 2 unspecified atom stereocenters. The molecule has 0 aliphatic heterocycles. The van der Waals surface area contributed by atoms with E-state index >= 15 is 0 Å². The lowest BCUT2D eigenvalue weighted by molar-refractivity contribution is -0.125. The number of carbonyl (C=O) groups is 1. The van der Waals surface area contributed by atoms with Crippen LogP contribution in [0, 0.1) is 23.2 Å². The van der Waals surface area contributed by atoms with E-state index in [4.69, 9.17) is 0 Å². The molecular formula is C15H27NO. The molecule has 1 fully saturated rings. The third-order valence-corrected chi connectivity index (χ3v) is 4.48. The third-order valence-electron chi connectivity index (χ3n) is 4.48. The molecular weight excluding hydrogens is 210 g/mol. The summed E-state index contributed by atoms with van der Waals surface area (Å²) in [4.78, 5) is 12.0. The van der Waals surface area contributed by atoms with Gasteiger partial charge in [-0.05, 0) is 31.1 Å². The summed E-state index contributed by atoms with van der Waals surface area (Å²) in [6.45, 7) is 10.8. The largest absolute Gasteiger partial charge is 0.392 e. The van der Waals surface area contributed by atoms with Gasteiger partial charge in [-0.2, -0.15) is 0 Å². The highest BCUT2D eigenvalue weighted by molar-refractivity contribution is 5.87. The van der Waals surface area contributed by atoms with Crippen LogP contribution in [0.1, 0.15) is 47.5 Å². The summed E-state index contributed by atoms with van der Waals surface area (Å²) in [5.41, 5.74) is 1.08. The van der Waals surface area contributed by atoms with Crippen molar-refractivity contribution in [3.8, 4) is 0 Å². The molecule has 1 aliphatic carbocycles. The van der Waals surface area contributed by atoms with Gasteiger partial charge < -0.3 is 5.32 Å². The summed E-state index contributed by atoms with van der Waals surface area (Å²) in [7, 11) is 1.95. The highest BCUT2D eigenvalue weighted by Crippen LogP contribution is 2.48. The van der Waals surface area contributed by atoms with E-state index < -0.39 is 0 Å². The van der Waals surface area contributed by atoms with Gasteiger partial charge in [0.25, 0.3) is 0 Å². The first-order valence-corrected chi connectivity index (χ1v) is 6.68. The predicted molar refractivity (Wildman–Crippen MR) is 72.7 cm³/mol. The molecule has 17 heavy (non-hydrogen) atoms. The van der Waals surface area contributed by atoms with E-state index in [0.29, 0.717) is 23.5 Å². The lowest BCUT2D eigenvalue weighted by Gasteiger charge is -2.33. The normalized spacial score (nSPS) is 30.5. The van der Waals surface area contributed by atoms with Crippen LogP contribution in [0.25, 0.3) is 0 Å². The predicted octanol–water partition coefficient (Wildman–Crippen LogP) is 3.39. The molecule has 0 saturated heterocycles. The van der Waals surface area contributed by atoms with Gasteiger partial charge in [-0.3, -0.25) is 4.79 Å². The standard InChI is InChI=1S/C15H27NO/c1-10(7-8-12(3)16-6)14-11(2)9-13(17)15(14,4)5/h8,10-11,14,16H,7,9H2,1-6H3/b12-8+/t10?,11-,14?/m1/s1. The van der Waals surface area contributed by atoms with Gasteiger partial charge in [0.15, 0.2) is 0 Å². The van der Waals surface area contributed by atoms with Crippen LogP contribution in [0.4, 0.5) is 0 Å². The van der Waals surface area contributed by atoms with Crippen LogP contribution in [0.2, 0.25) is 0 Å². The number of Topliss-reactive ketones (excluding diaryl/α,β-unsaturated/α-hetero) is 1. The van der Waals surface area contributed by atoms with Crippen LogP contribution in [0.15, 0.2) is 11.8 Å². The maximum Gasteiger partial charge on any atom is 0.139 e. The maximum absolute atomic E-state index is 12.0. The fourth-order valence-electron chi connectivity index (χ4n) is 3.46. The van der Waals surface area contributed by atoms with E-state index in [1.165, 1.54) is 5.70 Å². The highest BCUT2D eigenvalue weighted by atomic mass is 16.1. The molecule has 0 spiro atoms. The molecule has 3 atom stereocenters. The summed E-state index contributed by atoms with van der Waals surface area (Å²) in [5, 5.41) is 3.15. The number of nitrogens with one attached hydrogen (secondary N) is 1. The Morgan fingerprint density at radius 1 is 1.59 bits per heavy atom. The van der Waals surface area contributed by atoms with Crippen molar-refractivity contribution < 1.29 is 4.79 Å². The average molecular weight is 237 g/mol. The zero-order valence-electron chi connectivity index (χ0n) is 12.1. The van der Waals surface area contributed by atoms with E-state index in [9.17, 15) is 4.79 Å². The maximum atomic E-state index is 12.0. The molecule has 0 aromatic rings. The number of allylic oxidation sites excluding steroid dienone is 2. The molecule has 0 aromatic carbocycles. The van der Waals surface area contributed by atoms with E-state index in [2.05, 4.69) is 46.0 Å². The van der Waals surface area contributed by atoms with Crippen molar-refractivity contribution in [3.05, 3.63) is 11.8 Å². The van der Waals surface area contributed by atoms with Crippen molar-refractivity contribution >= 4 is 5.78 Å². The van der Waals surface area contributed by atoms with Gasteiger partial charge in [-0.1, -0.05) is 33.8 Å². The summed E-state index contributed by atoms with van der Waals surface area (Å²) in [6.07, 6.45) is 4.06. The molecule has 2 heteroatoms. The van der Waals surface area contributed by atoms with Gasteiger partial charge in [0.05, 0.1) is 0 Å². The first kappa shape index (κ1) is 14.3. The lowest BCUT2D eigenvalue weighted by atomic mass is 9.71. The highest BCUT2D eigenvalue weighted by Gasteiger charge is 2.48. The molecule has 1 aliphatic rings. The van der Waals surface area contributed by atoms with Crippen molar-refractivity contribution in [1.82, 2.24) is 5.32 Å². The van der Waals surface area contributed by atoms with Crippen molar-refractivity contribution in [1.29, 1.82) is 0 Å². The van der Waals surface area contributed by atoms with E-state index in [1.807, 2.05) is 7.05 Å². The Hall–Kier alpha value is -0.790. The molecule has 98 valence electrons. The van der Waals surface area contributed by atoms with Gasteiger partial charge in [0, 0.05) is 24.6 Å². The topological polar surface area (TPSA) is 29.1 Å². The number of carbonyl (C=O) groups excluding carboxylic acids is 1. The van der Waals surface area contributed by atoms with Crippen LogP contribution in [0.3, 0.4) is 0 Å². The minimum absolute atomic E-state index is 0.139. The minimum Gasteiger partial charge on any atom is -0.392 e. The zero-order valence-corrected chi connectivity index (χ0v) is 12.1. The first-order chi connectivity index (χ1) is 7.80. The Balaban J connectivity index is 2.75. The molecule has 1 N–H and O–H groups in total. The monoisotopic (exact) mass is 237 g/mol. The van der Waals surface area contributed by atoms with E-state index in [-0.39, 0.29) is 5.41 Å². The molecule has 0 aromatic heterocycles. The van der Waals surface area contributed by atoms with Crippen LogP contribution >= 0.6 is 0 Å². The quantitative estimate of drug-likeness (QED) is 0.812. The summed E-state index contributed by atoms with van der Waals surface area (Å²) in [6, 6.07) is 0. The molecule has 0 bridgehead atoms.